The molecule has 16 heavy (non-hydrogen) atoms. The van der Waals surface area contributed by atoms with Gasteiger partial charge in [-0.05, 0) is 19.9 Å². The van der Waals surface area contributed by atoms with Crippen LogP contribution in [0.15, 0.2) is 12.4 Å². The lowest BCUT2D eigenvalue weighted by Crippen LogP contribution is -2.28. The summed E-state index contributed by atoms with van der Waals surface area (Å²) in [5, 5.41) is 6.04. The Bertz CT molecular complexity index is 322. The molecule has 5 heteroatoms. The molecule has 0 spiro atoms. The number of hydrogen-bond donors (Lipinski definition) is 2. The molecule has 1 heterocycles. The molecule has 1 rings (SSSR count). The van der Waals surface area contributed by atoms with Crippen LogP contribution in [0.2, 0.25) is 0 Å². The van der Waals surface area contributed by atoms with Crippen LogP contribution in [0.1, 0.15) is 26.1 Å². The van der Waals surface area contributed by atoms with Crippen LogP contribution in [0.5, 0.6) is 0 Å². The molecular weight excluding hydrogens is 204 g/mol. The molecule has 1 amide bonds. The average molecular weight is 224 g/mol. The van der Waals surface area contributed by atoms with Gasteiger partial charge >= 0.3 is 0 Å². The van der Waals surface area contributed by atoms with Crippen molar-refractivity contribution in [2.45, 2.75) is 33.4 Å². The van der Waals surface area contributed by atoms with Crippen LogP contribution in [0.4, 0.5) is 0 Å². The van der Waals surface area contributed by atoms with Crippen LogP contribution >= 0.6 is 0 Å². The summed E-state index contributed by atoms with van der Waals surface area (Å²) >= 11 is 0. The predicted molar refractivity (Wildman–Crippen MR) is 62.9 cm³/mol. The van der Waals surface area contributed by atoms with Crippen LogP contribution < -0.4 is 10.6 Å². The molecule has 2 N–H and O–H groups in total. The highest BCUT2D eigenvalue weighted by Gasteiger charge is 2.05. The number of rotatable bonds is 7. The van der Waals surface area contributed by atoms with Crippen molar-refractivity contribution < 1.29 is 4.79 Å². The predicted octanol–water partition coefficient (Wildman–Crippen LogP) is 0.519. The zero-order valence-corrected chi connectivity index (χ0v) is 9.99. The molecule has 0 saturated heterocycles. The van der Waals surface area contributed by atoms with Crippen molar-refractivity contribution in [1.29, 1.82) is 0 Å². The third-order valence-corrected chi connectivity index (χ3v) is 2.20. The Hall–Kier alpha value is -1.36. The van der Waals surface area contributed by atoms with E-state index in [1.54, 1.807) is 6.20 Å². The lowest BCUT2D eigenvalue weighted by atomic mass is 10.4. The summed E-state index contributed by atoms with van der Waals surface area (Å²) in [5.74, 6) is 0.928. The third-order valence-electron chi connectivity index (χ3n) is 2.20. The Morgan fingerprint density at radius 1 is 1.50 bits per heavy atom. The molecule has 90 valence electrons. The van der Waals surface area contributed by atoms with E-state index in [4.69, 9.17) is 0 Å². The molecule has 5 nitrogen and oxygen atoms in total. The first-order valence-electron chi connectivity index (χ1n) is 5.75. The van der Waals surface area contributed by atoms with E-state index >= 15 is 0 Å². The van der Waals surface area contributed by atoms with E-state index in [1.165, 1.54) is 0 Å². The summed E-state index contributed by atoms with van der Waals surface area (Å²) in [6.45, 7) is 6.71. The Kier molecular flexibility index (Phi) is 5.56. The number of imidazole rings is 1. The van der Waals surface area contributed by atoms with Gasteiger partial charge in [0.05, 0.1) is 6.54 Å². The first kappa shape index (κ1) is 12.7. The Labute approximate surface area is 96.3 Å². The molecule has 0 saturated carbocycles. The van der Waals surface area contributed by atoms with Gasteiger partial charge in [-0.3, -0.25) is 4.79 Å². The van der Waals surface area contributed by atoms with Crippen molar-refractivity contribution in [3.63, 3.8) is 0 Å². The minimum Gasteiger partial charge on any atom is -0.355 e. The second kappa shape index (κ2) is 7.00. The fourth-order valence-corrected chi connectivity index (χ4v) is 1.44. The quantitative estimate of drug-likeness (QED) is 0.664. The molecule has 0 atom stereocenters. The molecule has 0 fully saturated rings. The van der Waals surface area contributed by atoms with Gasteiger partial charge in [0.1, 0.15) is 12.4 Å². The first-order chi connectivity index (χ1) is 7.77. The summed E-state index contributed by atoms with van der Waals surface area (Å²) in [6.07, 6.45) is 4.65. The van der Waals surface area contributed by atoms with Crippen molar-refractivity contribution >= 4 is 5.91 Å². The van der Waals surface area contributed by atoms with Crippen LogP contribution in [-0.2, 0) is 17.9 Å². The Morgan fingerprint density at radius 3 is 3.00 bits per heavy atom. The topological polar surface area (TPSA) is 59.0 Å². The molecule has 0 radical (unpaired) electrons. The van der Waals surface area contributed by atoms with E-state index < -0.39 is 0 Å². The first-order valence-corrected chi connectivity index (χ1v) is 5.75. The van der Waals surface area contributed by atoms with Crippen LogP contribution in [0, 0.1) is 0 Å². The Morgan fingerprint density at radius 2 is 2.31 bits per heavy atom. The minimum absolute atomic E-state index is 0.0252. The molecule has 0 aliphatic carbocycles. The van der Waals surface area contributed by atoms with Crippen molar-refractivity contribution in [1.82, 2.24) is 20.2 Å². The zero-order chi connectivity index (χ0) is 11.8. The van der Waals surface area contributed by atoms with E-state index in [2.05, 4.69) is 22.5 Å². The molecule has 0 bridgehead atoms. The molecular formula is C11H20N4O. The normalized spacial score (nSPS) is 10.4. The van der Waals surface area contributed by atoms with Crippen molar-refractivity contribution in [3.05, 3.63) is 18.2 Å². The molecule has 0 aliphatic rings. The molecule has 1 aromatic rings. The number of aromatic nitrogens is 2. The van der Waals surface area contributed by atoms with E-state index in [0.29, 0.717) is 19.6 Å². The number of likely N-dealkylation sites (N-methyl/N-ethyl adjacent to an activating group) is 1. The maximum Gasteiger partial charge on any atom is 0.239 e. The number of amides is 1. The van der Waals surface area contributed by atoms with Crippen molar-refractivity contribution in [3.8, 4) is 0 Å². The maximum atomic E-state index is 11.4. The molecule has 1 aromatic heterocycles. The fourth-order valence-electron chi connectivity index (χ4n) is 1.44. The summed E-state index contributed by atoms with van der Waals surface area (Å²) in [4.78, 5) is 15.6. The van der Waals surface area contributed by atoms with Gasteiger partial charge in [0.25, 0.3) is 0 Å². The second-order valence-electron chi connectivity index (χ2n) is 3.60. The van der Waals surface area contributed by atoms with E-state index in [0.717, 1.165) is 18.8 Å². The highest BCUT2D eigenvalue weighted by Crippen LogP contribution is 1.97. The van der Waals surface area contributed by atoms with Gasteiger partial charge < -0.3 is 15.2 Å². The summed E-state index contributed by atoms with van der Waals surface area (Å²) in [7, 11) is 0. The molecule has 0 aromatic carbocycles. The van der Waals surface area contributed by atoms with Crippen molar-refractivity contribution in [2.24, 2.45) is 0 Å². The average Bonchev–Trinajstić information content (AvgIpc) is 2.66. The summed E-state index contributed by atoms with van der Waals surface area (Å²) < 4.78 is 1.87. The number of carbonyl (C=O) groups excluding carboxylic acids is 1. The smallest absolute Gasteiger partial charge is 0.239 e. The van der Waals surface area contributed by atoms with E-state index in [1.807, 2.05) is 17.7 Å². The fraction of sp³-hybridized carbons (Fsp3) is 0.636. The monoisotopic (exact) mass is 224 g/mol. The van der Waals surface area contributed by atoms with Gasteiger partial charge in [-0.1, -0.05) is 6.92 Å². The van der Waals surface area contributed by atoms with Gasteiger partial charge in [-0.15, -0.1) is 0 Å². The van der Waals surface area contributed by atoms with Gasteiger partial charge in [0, 0.05) is 18.9 Å². The highest BCUT2D eigenvalue weighted by atomic mass is 16.1. The molecule has 0 aliphatic heterocycles. The van der Waals surface area contributed by atoms with Crippen LogP contribution in [0.3, 0.4) is 0 Å². The standard InChI is InChI=1S/C11H20N4O/c1-3-5-12-8-10-14-6-7-15(10)9-11(16)13-4-2/h6-7,12H,3-5,8-9H2,1-2H3,(H,13,16). The van der Waals surface area contributed by atoms with E-state index in [-0.39, 0.29) is 5.91 Å². The lowest BCUT2D eigenvalue weighted by molar-refractivity contribution is -0.121. The largest absolute Gasteiger partial charge is 0.355 e. The SMILES string of the molecule is CCCNCc1nccn1CC(=O)NCC. The highest BCUT2D eigenvalue weighted by molar-refractivity contribution is 5.75. The van der Waals surface area contributed by atoms with E-state index in [9.17, 15) is 4.79 Å². The number of carbonyl (C=O) groups is 1. The van der Waals surface area contributed by atoms with Gasteiger partial charge in [-0.25, -0.2) is 4.98 Å². The van der Waals surface area contributed by atoms with Gasteiger partial charge in [0.2, 0.25) is 5.91 Å². The third kappa shape index (κ3) is 4.02. The molecule has 0 unspecified atom stereocenters. The number of nitrogens with one attached hydrogen (secondary N) is 2. The Balaban J connectivity index is 2.46. The summed E-state index contributed by atoms with van der Waals surface area (Å²) in [6, 6.07) is 0. The summed E-state index contributed by atoms with van der Waals surface area (Å²) in [5.41, 5.74) is 0. The van der Waals surface area contributed by atoms with Crippen LogP contribution in [0.25, 0.3) is 0 Å². The van der Waals surface area contributed by atoms with Gasteiger partial charge in [0.15, 0.2) is 0 Å². The number of nitrogens with zero attached hydrogens (tertiary/aromatic N) is 2. The minimum atomic E-state index is 0.0252. The maximum absolute atomic E-state index is 11.4. The second-order valence-corrected chi connectivity index (χ2v) is 3.60. The van der Waals surface area contributed by atoms with Crippen molar-refractivity contribution in [2.75, 3.05) is 13.1 Å². The van der Waals surface area contributed by atoms with Crippen LogP contribution in [-0.4, -0.2) is 28.5 Å². The van der Waals surface area contributed by atoms with Gasteiger partial charge in [-0.2, -0.15) is 0 Å². The number of hydrogen-bond acceptors (Lipinski definition) is 3. The zero-order valence-electron chi connectivity index (χ0n) is 9.99. The lowest BCUT2D eigenvalue weighted by Gasteiger charge is -2.08.